The molecule has 0 saturated heterocycles. The van der Waals surface area contributed by atoms with Gasteiger partial charge in [0.2, 0.25) is 0 Å². The van der Waals surface area contributed by atoms with E-state index in [2.05, 4.69) is 108 Å². The van der Waals surface area contributed by atoms with Crippen LogP contribution in [0.3, 0.4) is 0 Å². The van der Waals surface area contributed by atoms with Gasteiger partial charge >= 0.3 is 0 Å². The van der Waals surface area contributed by atoms with E-state index in [4.69, 9.17) is 16.3 Å². The fourth-order valence-electron chi connectivity index (χ4n) is 3.26. The molecule has 0 heterocycles. The zero-order chi connectivity index (χ0) is 19.8. The SMILES string of the molecule is CC/C(=C(/c1ccc(I)cc1)c1ccc(OCCCCl)cc1)c1ccccc1. The molecule has 0 aliphatic heterocycles. The number of allylic oxidation sites excluding steroid dienone is 1. The van der Waals surface area contributed by atoms with Crippen molar-refractivity contribution in [2.75, 3.05) is 12.5 Å². The molecule has 0 amide bonds. The normalized spacial score (nSPS) is 11.8. The van der Waals surface area contributed by atoms with Crippen molar-refractivity contribution in [1.82, 2.24) is 0 Å². The first kappa shape index (κ1) is 20.9. The van der Waals surface area contributed by atoms with Gasteiger partial charge in [0.1, 0.15) is 5.75 Å². The molecule has 3 rings (SSSR count). The third-order valence-corrected chi connectivity index (χ3v) is 5.59. The van der Waals surface area contributed by atoms with Gasteiger partial charge in [-0.25, -0.2) is 0 Å². The van der Waals surface area contributed by atoms with Crippen LogP contribution in [-0.2, 0) is 0 Å². The second-order valence-electron chi connectivity index (χ2n) is 6.50. The van der Waals surface area contributed by atoms with E-state index < -0.39 is 0 Å². The first-order valence-electron chi connectivity index (χ1n) is 9.56. The molecule has 144 valence electrons. The lowest BCUT2D eigenvalue weighted by Crippen LogP contribution is -1.98. The van der Waals surface area contributed by atoms with Gasteiger partial charge in [-0.05, 0) is 87.5 Å². The molecule has 0 aromatic heterocycles. The van der Waals surface area contributed by atoms with Gasteiger partial charge in [0.15, 0.2) is 0 Å². The minimum atomic E-state index is 0.620. The number of halogens is 2. The molecule has 0 aliphatic rings. The summed E-state index contributed by atoms with van der Waals surface area (Å²) in [4.78, 5) is 0. The molecular weight excluding hydrogens is 479 g/mol. The Morgan fingerprint density at radius 1 is 0.821 bits per heavy atom. The van der Waals surface area contributed by atoms with Crippen LogP contribution in [0.4, 0.5) is 0 Å². The van der Waals surface area contributed by atoms with Crippen LogP contribution in [0, 0.1) is 3.57 Å². The predicted octanol–water partition coefficient (Wildman–Crippen LogP) is 7.67. The molecule has 1 nitrogen and oxygen atoms in total. The molecule has 0 saturated carbocycles. The summed E-state index contributed by atoms with van der Waals surface area (Å²) >= 11 is 8.09. The van der Waals surface area contributed by atoms with Gasteiger partial charge < -0.3 is 4.74 Å². The Hall–Kier alpha value is -1.78. The summed E-state index contributed by atoms with van der Waals surface area (Å²) < 4.78 is 7.01. The van der Waals surface area contributed by atoms with Crippen molar-refractivity contribution in [2.24, 2.45) is 0 Å². The maximum atomic E-state index is 5.77. The van der Waals surface area contributed by atoms with E-state index in [1.165, 1.54) is 31.4 Å². The van der Waals surface area contributed by atoms with Crippen molar-refractivity contribution >= 4 is 45.3 Å². The fourth-order valence-corrected chi connectivity index (χ4v) is 3.73. The highest BCUT2D eigenvalue weighted by molar-refractivity contribution is 14.1. The minimum absolute atomic E-state index is 0.620. The van der Waals surface area contributed by atoms with Crippen molar-refractivity contribution in [3.8, 4) is 5.75 Å². The van der Waals surface area contributed by atoms with E-state index >= 15 is 0 Å². The zero-order valence-electron chi connectivity index (χ0n) is 16.0. The Balaban J connectivity index is 2.06. The first-order chi connectivity index (χ1) is 13.7. The van der Waals surface area contributed by atoms with Crippen molar-refractivity contribution in [3.63, 3.8) is 0 Å². The molecule has 0 bridgehead atoms. The Kier molecular flexibility index (Phi) is 7.99. The molecule has 0 spiro atoms. The summed E-state index contributed by atoms with van der Waals surface area (Å²) in [6, 6.07) is 27.8. The van der Waals surface area contributed by atoms with Gasteiger partial charge in [-0.1, -0.05) is 61.5 Å². The molecule has 0 N–H and O–H groups in total. The molecule has 0 aliphatic carbocycles. The van der Waals surface area contributed by atoms with Crippen molar-refractivity contribution in [1.29, 1.82) is 0 Å². The lowest BCUT2D eigenvalue weighted by molar-refractivity contribution is 0.318. The lowest BCUT2D eigenvalue weighted by Gasteiger charge is -2.17. The van der Waals surface area contributed by atoms with E-state index in [0.29, 0.717) is 12.5 Å². The Morgan fingerprint density at radius 3 is 2.00 bits per heavy atom. The summed E-state index contributed by atoms with van der Waals surface area (Å²) in [7, 11) is 0. The van der Waals surface area contributed by atoms with E-state index in [1.54, 1.807) is 0 Å². The van der Waals surface area contributed by atoms with Crippen LogP contribution in [0.25, 0.3) is 11.1 Å². The molecule has 0 radical (unpaired) electrons. The van der Waals surface area contributed by atoms with Crippen LogP contribution in [0.2, 0.25) is 0 Å². The topological polar surface area (TPSA) is 9.23 Å². The molecule has 0 atom stereocenters. The highest BCUT2D eigenvalue weighted by Crippen LogP contribution is 2.35. The van der Waals surface area contributed by atoms with E-state index in [1.807, 2.05) is 0 Å². The summed E-state index contributed by atoms with van der Waals surface area (Å²) in [5.74, 6) is 1.50. The quantitative estimate of drug-likeness (QED) is 0.133. The zero-order valence-corrected chi connectivity index (χ0v) is 18.9. The summed E-state index contributed by atoms with van der Waals surface area (Å²) in [6.07, 6.45) is 1.81. The third kappa shape index (κ3) is 5.39. The van der Waals surface area contributed by atoms with Crippen molar-refractivity contribution in [3.05, 3.63) is 99.1 Å². The minimum Gasteiger partial charge on any atom is -0.494 e. The molecule has 0 fully saturated rings. The molecule has 28 heavy (non-hydrogen) atoms. The average molecular weight is 503 g/mol. The van der Waals surface area contributed by atoms with Crippen LogP contribution in [0.1, 0.15) is 36.5 Å². The van der Waals surface area contributed by atoms with Gasteiger partial charge in [-0.2, -0.15) is 0 Å². The van der Waals surface area contributed by atoms with Crippen LogP contribution >= 0.6 is 34.2 Å². The molecule has 0 unspecified atom stereocenters. The smallest absolute Gasteiger partial charge is 0.119 e. The summed E-state index contributed by atoms with van der Waals surface area (Å²) in [6.45, 7) is 2.87. The predicted molar refractivity (Wildman–Crippen MR) is 129 cm³/mol. The van der Waals surface area contributed by atoms with Gasteiger partial charge in [-0.15, -0.1) is 11.6 Å². The monoisotopic (exact) mass is 502 g/mol. The second kappa shape index (κ2) is 10.7. The number of hydrogen-bond acceptors (Lipinski definition) is 1. The molecular formula is C25H24ClIO. The Labute approximate surface area is 186 Å². The lowest BCUT2D eigenvalue weighted by atomic mass is 9.88. The summed E-state index contributed by atoms with van der Waals surface area (Å²) in [5.41, 5.74) is 6.32. The van der Waals surface area contributed by atoms with Crippen molar-refractivity contribution < 1.29 is 4.74 Å². The number of rotatable bonds is 8. The van der Waals surface area contributed by atoms with Crippen LogP contribution in [0.15, 0.2) is 78.9 Å². The van der Waals surface area contributed by atoms with E-state index in [0.717, 1.165) is 18.6 Å². The van der Waals surface area contributed by atoms with E-state index in [-0.39, 0.29) is 0 Å². The van der Waals surface area contributed by atoms with E-state index in [9.17, 15) is 0 Å². The first-order valence-corrected chi connectivity index (χ1v) is 11.2. The Morgan fingerprint density at radius 2 is 1.43 bits per heavy atom. The van der Waals surface area contributed by atoms with Gasteiger partial charge in [0.25, 0.3) is 0 Å². The summed E-state index contributed by atoms with van der Waals surface area (Å²) in [5, 5.41) is 0. The van der Waals surface area contributed by atoms with Crippen LogP contribution in [0.5, 0.6) is 5.75 Å². The molecule has 3 aromatic rings. The molecule has 3 aromatic carbocycles. The third-order valence-electron chi connectivity index (χ3n) is 4.60. The number of ether oxygens (including phenoxy) is 1. The number of benzene rings is 3. The number of hydrogen-bond donors (Lipinski definition) is 0. The largest absolute Gasteiger partial charge is 0.494 e. The van der Waals surface area contributed by atoms with Crippen LogP contribution < -0.4 is 4.74 Å². The highest BCUT2D eigenvalue weighted by Gasteiger charge is 2.13. The van der Waals surface area contributed by atoms with Gasteiger partial charge in [0, 0.05) is 9.45 Å². The van der Waals surface area contributed by atoms with Gasteiger partial charge in [0.05, 0.1) is 6.61 Å². The second-order valence-corrected chi connectivity index (χ2v) is 8.12. The fraction of sp³-hybridized carbons (Fsp3) is 0.200. The highest BCUT2D eigenvalue weighted by atomic mass is 127. The number of alkyl halides is 1. The maximum absolute atomic E-state index is 5.77. The molecule has 3 heteroatoms. The maximum Gasteiger partial charge on any atom is 0.119 e. The van der Waals surface area contributed by atoms with Crippen molar-refractivity contribution in [2.45, 2.75) is 19.8 Å². The standard InChI is InChI=1S/C25H24ClIO/c1-2-24(19-7-4-3-5-8-19)25(20-9-13-22(27)14-10-20)21-11-15-23(16-12-21)28-18-6-17-26/h3-5,7-16H,2,6,17-18H2,1H3/b25-24+. The Bertz CT molecular complexity index is 900. The van der Waals surface area contributed by atoms with Gasteiger partial charge in [-0.3, -0.25) is 0 Å². The average Bonchev–Trinajstić information content (AvgIpc) is 2.74. The van der Waals surface area contributed by atoms with Crippen LogP contribution in [-0.4, -0.2) is 12.5 Å².